The van der Waals surface area contributed by atoms with Crippen molar-refractivity contribution in [2.24, 2.45) is 0 Å². The predicted octanol–water partition coefficient (Wildman–Crippen LogP) is 7.13. The molecule has 0 saturated heterocycles. The molecule has 0 bridgehead atoms. The number of nitro benzene ring substituents is 1. The minimum Gasteiger partial charge on any atom is -0.487 e. The molecule has 0 N–H and O–H groups in total. The zero-order chi connectivity index (χ0) is 21.9. The summed E-state index contributed by atoms with van der Waals surface area (Å²) in [5.41, 5.74) is -1.02. The maximum absolute atomic E-state index is 12.9. The molecular weight excluding hydrogens is 423 g/mol. The van der Waals surface area contributed by atoms with Gasteiger partial charge in [-0.05, 0) is 43.3 Å². The average Bonchev–Trinajstić information content (AvgIpc) is 2.68. The Balaban J connectivity index is 2.16. The van der Waals surface area contributed by atoms with Crippen LogP contribution in [0, 0.1) is 10.1 Å². The summed E-state index contributed by atoms with van der Waals surface area (Å²) in [4.78, 5) is 11.2. The van der Waals surface area contributed by atoms with Gasteiger partial charge < -0.3 is 9.47 Å². The quantitative estimate of drug-likeness (QED) is 0.304. The lowest BCUT2D eigenvalue weighted by Gasteiger charge is -2.16. The third kappa shape index (κ3) is 4.49. The second kappa shape index (κ2) is 8.62. The lowest BCUT2D eigenvalue weighted by Crippen LogP contribution is -2.05. The van der Waals surface area contributed by atoms with E-state index in [2.05, 4.69) is 0 Å². The molecule has 3 aromatic carbocycles. The Morgan fingerprint density at radius 1 is 1.03 bits per heavy atom. The molecule has 0 aliphatic carbocycles. The van der Waals surface area contributed by atoms with Crippen LogP contribution in [0.4, 0.5) is 18.9 Å². The molecule has 156 valence electrons. The summed E-state index contributed by atoms with van der Waals surface area (Å²) in [7, 11) is 0. The van der Waals surface area contributed by atoms with Crippen LogP contribution in [0.1, 0.15) is 12.5 Å². The smallest absolute Gasteiger partial charge is 0.416 e. The van der Waals surface area contributed by atoms with E-state index in [0.29, 0.717) is 5.75 Å². The first-order valence-electron chi connectivity index (χ1n) is 8.76. The zero-order valence-electron chi connectivity index (χ0n) is 15.6. The van der Waals surface area contributed by atoms with Crippen molar-refractivity contribution < 1.29 is 27.6 Å². The summed E-state index contributed by atoms with van der Waals surface area (Å²) in [6.45, 7) is 1.72. The number of nitrogens with zero attached hydrogens (tertiary/aromatic N) is 1. The Labute approximate surface area is 174 Å². The summed E-state index contributed by atoms with van der Waals surface area (Å²) in [6, 6.07) is 14.1. The lowest BCUT2D eigenvalue weighted by molar-refractivity contribution is -0.386. The van der Waals surface area contributed by atoms with Gasteiger partial charge in [-0.15, -0.1) is 0 Å². The number of ether oxygens (including phenoxy) is 2. The van der Waals surface area contributed by atoms with Crippen LogP contribution in [-0.2, 0) is 6.18 Å². The Hall–Kier alpha value is -3.26. The Kier molecular flexibility index (Phi) is 6.17. The Bertz CT molecular complexity index is 1070. The predicted molar refractivity (Wildman–Crippen MR) is 106 cm³/mol. The van der Waals surface area contributed by atoms with Crippen LogP contribution in [0.15, 0.2) is 60.7 Å². The van der Waals surface area contributed by atoms with E-state index >= 15 is 0 Å². The molecule has 3 rings (SSSR count). The molecule has 5 nitrogen and oxygen atoms in total. The van der Waals surface area contributed by atoms with E-state index in [1.165, 1.54) is 12.1 Å². The molecule has 0 atom stereocenters. The van der Waals surface area contributed by atoms with Crippen molar-refractivity contribution in [3.63, 3.8) is 0 Å². The summed E-state index contributed by atoms with van der Waals surface area (Å²) in [5, 5.41) is 11.6. The Morgan fingerprint density at radius 2 is 1.70 bits per heavy atom. The maximum atomic E-state index is 12.9. The van der Waals surface area contributed by atoms with Gasteiger partial charge in [0.2, 0.25) is 11.5 Å². The second-order valence-corrected chi connectivity index (χ2v) is 6.49. The summed E-state index contributed by atoms with van der Waals surface area (Å²) in [6.07, 6.45) is -4.57. The van der Waals surface area contributed by atoms with Crippen LogP contribution >= 0.6 is 11.6 Å². The van der Waals surface area contributed by atoms with E-state index in [4.69, 9.17) is 21.1 Å². The summed E-state index contributed by atoms with van der Waals surface area (Å²) < 4.78 is 50.0. The van der Waals surface area contributed by atoms with Crippen molar-refractivity contribution in [2.75, 3.05) is 6.61 Å². The second-order valence-electron chi connectivity index (χ2n) is 6.09. The molecular formula is C21H15ClF3NO4. The number of rotatable bonds is 6. The minimum absolute atomic E-state index is 0.0681. The highest BCUT2D eigenvalue weighted by molar-refractivity contribution is 6.33. The van der Waals surface area contributed by atoms with E-state index in [1.807, 2.05) is 0 Å². The van der Waals surface area contributed by atoms with E-state index in [-0.39, 0.29) is 34.3 Å². The maximum Gasteiger partial charge on any atom is 0.416 e. The van der Waals surface area contributed by atoms with Crippen LogP contribution in [0.3, 0.4) is 0 Å². The molecule has 0 spiro atoms. The first-order chi connectivity index (χ1) is 14.2. The topological polar surface area (TPSA) is 61.6 Å². The van der Waals surface area contributed by atoms with Gasteiger partial charge in [-0.2, -0.15) is 13.2 Å². The molecule has 0 saturated carbocycles. The number of hydrogen-bond acceptors (Lipinski definition) is 4. The van der Waals surface area contributed by atoms with Gasteiger partial charge in [-0.1, -0.05) is 35.9 Å². The van der Waals surface area contributed by atoms with Gasteiger partial charge in [-0.3, -0.25) is 10.1 Å². The van der Waals surface area contributed by atoms with E-state index in [1.54, 1.807) is 37.3 Å². The monoisotopic (exact) mass is 437 g/mol. The van der Waals surface area contributed by atoms with Gasteiger partial charge in [0, 0.05) is 16.1 Å². The van der Waals surface area contributed by atoms with Gasteiger partial charge in [0.05, 0.1) is 17.1 Å². The van der Waals surface area contributed by atoms with Gasteiger partial charge in [0.25, 0.3) is 0 Å². The molecule has 0 heterocycles. The molecule has 0 aliphatic heterocycles. The molecule has 30 heavy (non-hydrogen) atoms. The first kappa shape index (κ1) is 21.4. The van der Waals surface area contributed by atoms with E-state index in [0.717, 1.165) is 18.2 Å². The lowest BCUT2D eigenvalue weighted by atomic mass is 10.0. The largest absolute Gasteiger partial charge is 0.487 e. The van der Waals surface area contributed by atoms with Crippen LogP contribution in [0.25, 0.3) is 11.1 Å². The highest BCUT2D eigenvalue weighted by Crippen LogP contribution is 2.47. The molecule has 0 aliphatic rings. The number of hydrogen-bond donors (Lipinski definition) is 0. The van der Waals surface area contributed by atoms with Crippen molar-refractivity contribution in [3.8, 4) is 28.4 Å². The third-order valence-corrected chi connectivity index (χ3v) is 4.44. The van der Waals surface area contributed by atoms with Crippen LogP contribution in [0.2, 0.25) is 5.02 Å². The van der Waals surface area contributed by atoms with Gasteiger partial charge in [0.15, 0.2) is 0 Å². The SMILES string of the molecule is CCOc1c(-c2ccc(C(F)(F)F)cc2Cl)ccc(Oc2ccccc2)c1[N+](=O)[O-]. The van der Waals surface area contributed by atoms with E-state index in [9.17, 15) is 23.3 Å². The van der Waals surface area contributed by atoms with Crippen molar-refractivity contribution in [3.05, 3.63) is 81.4 Å². The molecule has 9 heteroatoms. The van der Waals surface area contributed by atoms with Crippen molar-refractivity contribution in [1.29, 1.82) is 0 Å². The first-order valence-corrected chi connectivity index (χ1v) is 9.14. The van der Waals surface area contributed by atoms with Crippen LogP contribution in [0.5, 0.6) is 17.2 Å². The third-order valence-electron chi connectivity index (χ3n) is 4.12. The van der Waals surface area contributed by atoms with Crippen molar-refractivity contribution in [2.45, 2.75) is 13.1 Å². The highest BCUT2D eigenvalue weighted by atomic mass is 35.5. The van der Waals surface area contributed by atoms with Crippen molar-refractivity contribution >= 4 is 17.3 Å². The number of nitro groups is 1. The number of para-hydroxylation sites is 1. The number of benzene rings is 3. The minimum atomic E-state index is -4.57. The van der Waals surface area contributed by atoms with Crippen LogP contribution in [-0.4, -0.2) is 11.5 Å². The van der Waals surface area contributed by atoms with Gasteiger partial charge in [-0.25, -0.2) is 0 Å². The fourth-order valence-electron chi connectivity index (χ4n) is 2.84. The number of alkyl halides is 3. The normalized spacial score (nSPS) is 11.2. The van der Waals surface area contributed by atoms with Gasteiger partial charge in [0.1, 0.15) is 5.75 Å². The number of halogens is 4. The highest BCUT2D eigenvalue weighted by Gasteiger charge is 2.32. The Morgan fingerprint density at radius 3 is 2.27 bits per heavy atom. The average molecular weight is 438 g/mol. The molecule has 0 fully saturated rings. The summed E-state index contributed by atoms with van der Waals surface area (Å²) in [5.74, 6) is 0.169. The molecule has 0 amide bonds. The van der Waals surface area contributed by atoms with Crippen molar-refractivity contribution in [1.82, 2.24) is 0 Å². The fraction of sp³-hybridized carbons (Fsp3) is 0.143. The molecule has 0 radical (unpaired) electrons. The molecule has 0 unspecified atom stereocenters. The molecule has 3 aromatic rings. The standard InChI is InChI=1S/C21H15ClF3NO4/c1-2-29-20-16(15-9-8-13(12-17(15)22)21(23,24)25)10-11-18(19(20)26(27)28)30-14-6-4-3-5-7-14/h3-12H,2H2,1H3. The van der Waals surface area contributed by atoms with E-state index < -0.39 is 22.4 Å². The van der Waals surface area contributed by atoms with Crippen LogP contribution < -0.4 is 9.47 Å². The van der Waals surface area contributed by atoms with Gasteiger partial charge >= 0.3 is 11.9 Å². The fourth-order valence-corrected chi connectivity index (χ4v) is 3.12. The summed E-state index contributed by atoms with van der Waals surface area (Å²) >= 11 is 6.09. The zero-order valence-corrected chi connectivity index (χ0v) is 16.3. The molecule has 0 aromatic heterocycles.